The number of phosphoric acid groups is 1. The average Bonchev–Trinajstić information content (AvgIpc) is 3.15. The molecule has 10 heteroatoms. The van der Waals surface area contributed by atoms with Gasteiger partial charge in [0.2, 0.25) is 0 Å². The highest BCUT2D eigenvalue weighted by Crippen LogP contribution is 2.35. The molecular weight excluding hydrogens is 715 g/mol. The van der Waals surface area contributed by atoms with Crippen molar-refractivity contribution < 1.29 is 43.0 Å². The van der Waals surface area contributed by atoms with Crippen LogP contribution in [0.2, 0.25) is 0 Å². The highest BCUT2D eigenvalue weighted by molar-refractivity contribution is 7.46. The Morgan fingerprint density at radius 1 is 0.564 bits per heavy atom. The zero-order valence-corrected chi connectivity index (χ0v) is 34.0. The van der Waals surface area contributed by atoms with Crippen molar-refractivity contribution in [2.75, 3.05) is 13.2 Å². The van der Waals surface area contributed by atoms with Crippen LogP contribution in [0.1, 0.15) is 110 Å². The summed E-state index contributed by atoms with van der Waals surface area (Å²) in [7, 11) is -4.81. The second-order valence-corrected chi connectivity index (χ2v) is 13.6. The van der Waals surface area contributed by atoms with E-state index in [1.54, 1.807) is 6.08 Å². The zero-order valence-electron chi connectivity index (χ0n) is 33.1. The van der Waals surface area contributed by atoms with Gasteiger partial charge in [0, 0.05) is 12.8 Å². The molecule has 306 valence electrons. The summed E-state index contributed by atoms with van der Waals surface area (Å²) in [6.45, 7) is 3.22. The fraction of sp³-hybridized carbons (Fsp3) is 0.467. The zero-order chi connectivity index (χ0) is 40.5. The van der Waals surface area contributed by atoms with Crippen LogP contribution in [-0.2, 0) is 28.2 Å². The summed E-state index contributed by atoms with van der Waals surface area (Å²) in [5.41, 5.74) is 0. The number of rotatable bonds is 33. The average molecular weight is 783 g/mol. The topological polar surface area (TPSA) is 140 Å². The minimum Gasteiger partial charge on any atom is -0.462 e. The van der Waals surface area contributed by atoms with E-state index < -0.39 is 38.6 Å². The van der Waals surface area contributed by atoms with Gasteiger partial charge in [0.15, 0.2) is 6.10 Å². The van der Waals surface area contributed by atoms with Gasteiger partial charge in [0.05, 0.1) is 12.7 Å². The number of carbonyl (C=O) groups is 2. The number of aliphatic hydroxyl groups excluding tert-OH is 1. The van der Waals surface area contributed by atoms with Gasteiger partial charge in [0.1, 0.15) is 6.61 Å². The van der Waals surface area contributed by atoms with E-state index in [2.05, 4.69) is 85.2 Å². The maximum atomic E-state index is 12.4. The Morgan fingerprint density at radius 2 is 1.04 bits per heavy atom. The molecule has 0 heterocycles. The monoisotopic (exact) mass is 782 g/mol. The summed E-state index contributed by atoms with van der Waals surface area (Å²) in [6, 6.07) is 0. The van der Waals surface area contributed by atoms with Gasteiger partial charge in [-0.15, -0.1) is 0 Å². The van der Waals surface area contributed by atoms with Gasteiger partial charge in [-0.05, 0) is 83.5 Å². The predicted molar refractivity (Wildman–Crippen MR) is 226 cm³/mol. The molecule has 55 heavy (non-hydrogen) atoms. The van der Waals surface area contributed by atoms with E-state index in [0.717, 1.165) is 51.4 Å². The number of hydrogen-bond donors (Lipinski definition) is 3. The van der Waals surface area contributed by atoms with Gasteiger partial charge in [-0.1, -0.05) is 148 Å². The number of aliphatic hydroxyl groups is 1. The Kier molecular flexibility index (Phi) is 35.7. The van der Waals surface area contributed by atoms with Crippen LogP contribution in [0.4, 0.5) is 0 Å². The lowest BCUT2D eigenvalue weighted by molar-refractivity contribution is -0.161. The van der Waals surface area contributed by atoms with Gasteiger partial charge < -0.3 is 24.4 Å². The lowest BCUT2D eigenvalue weighted by Gasteiger charge is -2.18. The van der Waals surface area contributed by atoms with Crippen LogP contribution in [0, 0.1) is 0 Å². The summed E-state index contributed by atoms with van der Waals surface area (Å²) in [4.78, 5) is 42.7. The minimum atomic E-state index is -4.81. The normalized spacial score (nSPS) is 14.5. The Balaban J connectivity index is 4.26. The molecule has 0 aliphatic rings. The van der Waals surface area contributed by atoms with Crippen LogP contribution in [0.15, 0.2) is 134 Å². The molecule has 0 spiro atoms. The molecule has 0 aliphatic heterocycles. The van der Waals surface area contributed by atoms with E-state index in [4.69, 9.17) is 19.3 Å². The first kappa shape index (κ1) is 51.1. The highest BCUT2D eigenvalue weighted by Gasteiger charge is 2.22. The number of phosphoric ester groups is 1. The van der Waals surface area contributed by atoms with E-state index in [1.165, 1.54) is 0 Å². The van der Waals surface area contributed by atoms with Crippen molar-refractivity contribution in [3.05, 3.63) is 134 Å². The molecule has 0 radical (unpaired) electrons. The molecule has 0 aromatic heterocycles. The summed E-state index contributed by atoms with van der Waals surface area (Å²) < 4.78 is 26.2. The van der Waals surface area contributed by atoms with Crippen LogP contribution in [0.25, 0.3) is 0 Å². The fourth-order valence-electron chi connectivity index (χ4n) is 4.40. The summed E-state index contributed by atoms with van der Waals surface area (Å²) in [5.74, 6) is -1.09. The number of esters is 2. The number of unbranched alkanes of at least 4 members (excludes halogenated alkanes) is 1. The van der Waals surface area contributed by atoms with Crippen molar-refractivity contribution in [1.82, 2.24) is 0 Å². The van der Waals surface area contributed by atoms with Crippen LogP contribution in [0.3, 0.4) is 0 Å². The highest BCUT2D eigenvalue weighted by atomic mass is 31.2. The third kappa shape index (κ3) is 41.2. The first-order valence-electron chi connectivity index (χ1n) is 19.6. The maximum Gasteiger partial charge on any atom is 0.469 e. The van der Waals surface area contributed by atoms with E-state index in [1.807, 2.05) is 60.8 Å². The summed E-state index contributed by atoms with van der Waals surface area (Å²) in [5, 5.41) is 9.81. The van der Waals surface area contributed by atoms with Crippen molar-refractivity contribution in [2.45, 2.75) is 122 Å². The van der Waals surface area contributed by atoms with Crippen molar-refractivity contribution >= 4 is 19.8 Å². The maximum absolute atomic E-state index is 12.4. The number of ether oxygens (including phenoxy) is 2. The fourth-order valence-corrected chi connectivity index (χ4v) is 4.76. The Hall–Kier alpha value is -3.85. The first-order chi connectivity index (χ1) is 26.7. The molecule has 0 saturated heterocycles. The lowest BCUT2D eigenvalue weighted by atomic mass is 10.2. The summed E-state index contributed by atoms with van der Waals surface area (Å²) in [6.07, 6.45) is 53.8. The van der Waals surface area contributed by atoms with Gasteiger partial charge in [-0.3, -0.25) is 14.1 Å². The molecule has 9 nitrogen and oxygen atoms in total. The molecule has 0 aromatic rings. The second-order valence-electron chi connectivity index (χ2n) is 12.3. The third-order valence-corrected chi connectivity index (χ3v) is 7.74. The smallest absolute Gasteiger partial charge is 0.462 e. The molecule has 0 saturated carbocycles. The molecule has 0 bridgehead atoms. The van der Waals surface area contributed by atoms with Gasteiger partial charge >= 0.3 is 19.8 Å². The Bertz CT molecular complexity index is 1360. The van der Waals surface area contributed by atoms with Crippen LogP contribution < -0.4 is 0 Å². The SMILES string of the molecule is CC/C=C\C/C=C\C/C=C\C/C=C\C/C=C\CCCC(=O)OC[C@H](COP(=O)(O)O)OC(=O)CC/C=C\C/C=C\C/C=C\C/C=C/C=C/C(O)C/C=C\CC. The number of carbonyl (C=O) groups excluding carboxylic acids is 2. The Morgan fingerprint density at radius 3 is 1.56 bits per heavy atom. The molecule has 2 atom stereocenters. The van der Waals surface area contributed by atoms with E-state index in [9.17, 15) is 19.3 Å². The largest absolute Gasteiger partial charge is 0.469 e. The number of hydrogen-bond acceptors (Lipinski definition) is 7. The van der Waals surface area contributed by atoms with Crippen molar-refractivity contribution in [1.29, 1.82) is 0 Å². The molecule has 3 N–H and O–H groups in total. The second kappa shape index (κ2) is 38.4. The van der Waals surface area contributed by atoms with Crippen LogP contribution >= 0.6 is 7.82 Å². The van der Waals surface area contributed by atoms with E-state index in [0.29, 0.717) is 32.1 Å². The van der Waals surface area contributed by atoms with Crippen molar-refractivity contribution in [3.8, 4) is 0 Å². The van der Waals surface area contributed by atoms with E-state index in [-0.39, 0.29) is 19.4 Å². The quantitative estimate of drug-likeness (QED) is 0.0195. The number of allylic oxidation sites excluding steroid dienone is 20. The molecule has 0 amide bonds. The Labute approximate surface area is 331 Å². The first-order valence-corrected chi connectivity index (χ1v) is 21.1. The molecule has 0 rings (SSSR count). The van der Waals surface area contributed by atoms with Crippen molar-refractivity contribution in [3.63, 3.8) is 0 Å². The van der Waals surface area contributed by atoms with Gasteiger partial charge in [-0.2, -0.15) is 0 Å². The van der Waals surface area contributed by atoms with Gasteiger partial charge in [-0.25, -0.2) is 4.57 Å². The standard InChI is InChI=1S/C45H67O9P/c1-3-5-7-8-9-10-11-12-13-14-15-18-21-24-27-30-34-38-44(47)52-40-43(41-53-55(49,50)51)54-45(48)39-35-31-28-25-22-19-16-17-20-23-26-29-33-37-42(46)36-32-6-4-2/h5-7,9-10,12-13,15,17-20,22,24,26-29,31-33,37,42-43,46H,3-4,8,11,14,16,21,23,25,30,34-36,38-41H2,1-2H3,(H2,49,50,51)/b7-5-,10-9-,13-12-,18-15-,20-17-,22-19-,27-24-,29-26+,31-28-,32-6-,37-33+/t42?,43-/m1/s1. The van der Waals surface area contributed by atoms with E-state index >= 15 is 0 Å². The molecule has 1 unspecified atom stereocenters. The summed E-state index contributed by atoms with van der Waals surface area (Å²) >= 11 is 0. The molecule has 0 aromatic carbocycles. The predicted octanol–water partition coefficient (Wildman–Crippen LogP) is 10.9. The van der Waals surface area contributed by atoms with Crippen LogP contribution in [-0.4, -0.2) is 52.3 Å². The third-order valence-electron chi connectivity index (χ3n) is 7.26. The van der Waals surface area contributed by atoms with Crippen molar-refractivity contribution in [2.24, 2.45) is 0 Å². The van der Waals surface area contributed by atoms with Crippen LogP contribution in [0.5, 0.6) is 0 Å². The minimum absolute atomic E-state index is 0.0497. The lowest BCUT2D eigenvalue weighted by Crippen LogP contribution is -2.29. The van der Waals surface area contributed by atoms with Gasteiger partial charge in [0.25, 0.3) is 0 Å². The molecular formula is C45H67O9P. The molecule has 0 fully saturated rings. The molecule has 0 aliphatic carbocycles.